The fourth-order valence-electron chi connectivity index (χ4n) is 5.05. The van der Waals surface area contributed by atoms with Gasteiger partial charge in [0.2, 0.25) is 0 Å². The van der Waals surface area contributed by atoms with Crippen molar-refractivity contribution in [2.45, 2.75) is 56.7 Å². The SMILES string of the molecule is N#Cc1ccc(N2CCC[C@H](N[C@@H]3CCCC[C@H]3Nc3noc(-c4ccccc4)n3)C2)cc1. The molecule has 33 heavy (non-hydrogen) atoms. The predicted octanol–water partition coefficient (Wildman–Crippen LogP) is 4.59. The van der Waals surface area contributed by atoms with Crippen LogP contribution in [-0.4, -0.2) is 41.4 Å². The largest absolute Gasteiger partial charge is 0.370 e. The topological polar surface area (TPSA) is 90.0 Å². The van der Waals surface area contributed by atoms with E-state index in [0.717, 1.165) is 37.9 Å². The average molecular weight is 443 g/mol. The number of piperidine rings is 1. The minimum absolute atomic E-state index is 0.283. The molecule has 2 aromatic carbocycles. The van der Waals surface area contributed by atoms with Crippen molar-refractivity contribution in [3.05, 3.63) is 60.2 Å². The summed E-state index contributed by atoms with van der Waals surface area (Å²) in [5.41, 5.74) is 2.83. The molecule has 1 aromatic heterocycles. The fraction of sp³-hybridized carbons (Fsp3) is 0.423. The van der Waals surface area contributed by atoms with Crippen LogP contribution >= 0.6 is 0 Å². The van der Waals surface area contributed by atoms with Gasteiger partial charge in [0.1, 0.15) is 0 Å². The molecule has 7 nitrogen and oxygen atoms in total. The standard InChI is InChI=1S/C26H30N6O/c27-17-19-12-14-22(15-13-19)32-16-6-9-21(18-32)28-23-10-4-5-11-24(23)29-26-30-25(33-31-26)20-7-2-1-3-8-20/h1-3,7-8,12-15,21,23-24,28H,4-6,9-11,16,18H2,(H,29,31)/t21-,23+,24+/m0/s1. The van der Waals surface area contributed by atoms with Gasteiger partial charge in [-0.1, -0.05) is 31.0 Å². The van der Waals surface area contributed by atoms with E-state index < -0.39 is 0 Å². The molecule has 3 atom stereocenters. The fourth-order valence-corrected chi connectivity index (χ4v) is 5.05. The smallest absolute Gasteiger partial charge is 0.264 e. The summed E-state index contributed by atoms with van der Waals surface area (Å²) >= 11 is 0. The number of hydrogen-bond donors (Lipinski definition) is 2. The molecule has 2 N–H and O–H groups in total. The summed E-state index contributed by atoms with van der Waals surface area (Å²) in [6.07, 6.45) is 7.03. The molecule has 170 valence electrons. The molecular formula is C26H30N6O. The second-order valence-corrected chi connectivity index (χ2v) is 9.04. The first-order valence-electron chi connectivity index (χ1n) is 12.0. The highest BCUT2D eigenvalue weighted by atomic mass is 16.5. The zero-order valence-electron chi connectivity index (χ0n) is 18.8. The van der Waals surface area contributed by atoms with Gasteiger partial charge in [-0.15, -0.1) is 0 Å². The van der Waals surface area contributed by atoms with Gasteiger partial charge in [-0.25, -0.2) is 0 Å². The van der Waals surface area contributed by atoms with Crippen LogP contribution in [-0.2, 0) is 0 Å². The third-order valence-electron chi connectivity index (χ3n) is 6.76. The highest BCUT2D eigenvalue weighted by Gasteiger charge is 2.30. The molecule has 1 saturated carbocycles. The molecule has 1 aliphatic carbocycles. The van der Waals surface area contributed by atoms with Crippen molar-refractivity contribution < 1.29 is 4.52 Å². The van der Waals surface area contributed by atoms with Gasteiger partial charge in [0.25, 0.3) is 11.8 Å². The molecule has 0 bridgehead atoms. The van der Waals surface area contributed by atoms with Crippen molar-refractivity contribution in [1.82, 2.24) is 15.5 Å². The molecule has 2 fully saturated rings. The third kappa shape index (κ3) is 5.18. The zero-order chi connectivity index (χ0) is 22.5. The van der Waals surface area contributed by atoms with Gasteiger partial charge in [-0.3, -0.25) is 0 Å². The Hall–Kier alpha value is -3.37. The maximum atomic E-state index is 9.06. The molecule has 0 radical (unpaired) electrons. The van der Waals surface area contributed by atoms with Crippen LogP contribution in [0.1, 0.15) is 44.1 Å². The quantitative estimate of drug-likeness (QED) is 0.577. The van der Waals surface area contributed by atoms with Crippen LogP contribution in [0.4, 0.5) is 11.6 Å². The minimum atomic E-state index is 0.283. The molecule has 1 saturated heterocycles. The Labute approximate surface area is 194 Å². The van der Waals surface area contributed by atoms with E-state index in [2.05, 4.69) is 43.9 Å². The third-order valence-corrected chi connectivity index (χ3v) is 6.76. The Balaban J connectivity index is 1.22. The Kier molecular flexibility index (Phi) is 6.54. The molecule has 2 aliphatic rings. The first kappa shape index (κ1) is 21.5. The van der Waals surface area contributed by atoms with Crippen molar-refractivity contribution in [3.8, 4) is 17.5 Å². The van der Waals surface area contributed by atoms with E-state index in [1.165, 1.54) is 24.9 Å². The van der Waals surface area contributed by atoms with E-state index >= 15 is 0 Å². The van der Waals surface area contributed by atoms with E-state index in [-0.39, 0.29) is 6.04 Å². The first-order chi connectivity index (χ1) is 16.3. The van der Waals surface area contributed by atoms with Gasteiger partial charge in [-0.2, -0.15) is 10.2 Å². The second-order valence-electron chi connectivity index (χ2n) is 9.04. The average Bonchev–Trinajstić information content (AvgIpc) is 3.35. The summed E-state index contributed by atoms with van der Waals surface area (Å²) < 4.78 is 5.49. The first-order valence-corrected chi connectivity index (χ1v) is 12.0. The summed E-state index contributed by atoms with van der Waals surface area (Å²) in [7, 11) is 0. The van der Waals surface area contributed by atoms with Crippen molar-refractivity contribution in [3.63, 3.8) is 0 Å². The van der Waals surface area contributed by atoms with Gasteiger partial charge in [-0.05, 0) is 67.2 Å². The Morgan fingerprint density at radius 2 is 1.73 bits per heavy atom. The molecule has 2 heterocycles. The number of aromatic nitrogens is 2. The monoisotopic (exact) mass is 442 g/mol. The van der Waals surface area contributed by atoms with Gasteiger partial charge < -0.3 is 20.1 Å². The number of nitriles is 1. The van der Waals surface area contributed by atoms with Crippen molar-refractivity contribution in [1.29, 1.82) is 5.26 Å². The Morgan fingerprint density at radius 1 is 0.939 bits per heavy atom. The van der Waals surface area contributed by atoms with Gasteiger partial charge in [0.05, 0.1) is 11.6 Å². The lowest BCUT2D eigenvalue weighted by Crippen LogP contribution is -2.55. The van der Waals surface area contributed by atoms with E-state index in [0.29, 0.717) is 29.5 Å². The molecule has 5 rings (SSSR count). The number of rotatable bonds is 6. The summed E-state index contributed by atoms with van der Waals surface area (Å²) in [6, 6.07) is 21.1. The molecule has 7 heteroatoms. The Morgan fingerprint density at radius 3 is 2.52 bits per heavy atom. The summed E-state index contributed by atoms with van der Waals surface area (Å²) in [6.45, 7) is 2.04. The lowest BCUT2D eigenvalue weighted by molar-refractivity contribution is 0.292. The molecule has 0 unspecified atom stereocenters. The van der Waals surface area contributed by atoms with Crippen molar-refractivity contribution >= 4 is 11.6 Å². The van der Waals surface area contributed by atoms with Crippen molar-refractivity contribution in [2.24, 2.45) is 0 Å². The number of anilines is 2. The van der Waals surface area contributed by atoms with Gasteiger partial charge >= 0.3 is 0 Å². The number of benzene rings is 2. The zero-order valence-corrected chi connectivity index (χ0v) is 18.8. The van der Waals surface area contributed by atoms with Crippen LogP contribution in [0.15, 0.2) is 59.1 Å². The molecule has 3 aromatic rings. The molecular weight excluding hydrogens is 412 g/mol. The number of nitrogens with one attached hydrogen (secondary N) is 2. The van der Waals surface area contributed by atoms with Gasteiger partial charge in [0.15, 0.2) is 0 Å². The van der Waals surface area contributed by atoms with Crippen LogP contribution < -0.4 is 15.5 Å². The lowest BCUT2D eigenvalue weighted by atomic mass is 9.89. The lowest BCUT2D eigenvalue weighted by Gasteiger charge is -2.40. The molecule has 0 amide bonds. The van der Waals surface area contributed by atoms with Crippen LogP contribution in [0.2, 0.25) is 0 Å². The summed E-state index contributed by atoms with van der Waals surface area (Å²) in [4.78, 5) is 7.00. The van der Waals surface area contributed by atoms with Crippen LogP contribution in [0.3, 0.4) is 0 Å². The van der Waals surface area contributed by atoms with Crippen LogP contribution in [0.5, 0.6) is 0 Å². The van der Waals surface area contributed by atoms with E-state index in [4.69, 9.17) is 9.78 Å². The highest BCUT2D eigenvalue weighted by Crippen LogP contribution is 2.26. The maximum absolute atomic E-state index is 9.06. The summed E-state index contributed by atoms with van der Waals surface area (Å²) in [5, 5.41) is 20.7. The highest BCUT2D eigenvalue weighted by molar-refractivity contribution is 5.54. The second kappa shape index (κ2) is 10.1. The van der Waals surface area contributed by atoms with Crippen LogP contribution in [0.25, 0.3) is 11.5 Å². The number of hydrogen-bond acceptors (Lipinski definition) is 7. The van der Waals surface area contributed by atoms with Crippen LogP contribution in [0, 0.1) is 11.3 Å². The molecule has 0 spiro atoms. The van der Waals surface area contributed by atoms with Gasteiger partial charge in [0, 0.05) is 42.5 Å². The van der Waals surface area contributed by atoms with Crippen molar-refractivity contribution in [2.75, 3.05) is 23.3 Å². The molecule has 1 aliphatic heterocycles. The Bertz CT molecular complexity index is 1070. The minimum Gasteiger partial charge on any atom is -0.370 e. The van der Waals surface area contributed by atoms with E-state index in [1.54, 1.807) is 0 Å². The number of nitrogens with zero attached hydrogens (tertiary/aromatic N) is 4. The normalized spacial score (nSPS) is 23.1. The summed E-state index contributed by atoms with van der Waals surface area (Å²) in [5.74, 6) is 1.11. The predicted molar refractivity (Wildman–Crippen MR) is 129 cm³/mol. The maximum Gasteiger partial charge on any atom is 0.264 e. The van der Waals surface area contributed by atoms with E-state index in [9.17, 15) is 0 Å². The van der Waals surface area contributed by atoms with E-state index in [1.807, 2.05) is 42.5 Å².